The van der Waals surface area contributed by atoms with E-state index in [2.05, 4.69) is 0 Å². The second kappa shape index (κ2) is 3.05. The Bertz CT molecular complexity index is 189. The highest BCUT2D eigenvalue weighted by Crippen LogP contribution is 2.33. The minimum absolute atomic E-state index is 0.345. The standard InChI is InChI=1S/C9H16N2O/c10-6-8-2-1-5-11(8)9(12)7-3-4-7/h7-8H,1-6,10H2/t8-/m0/s1. The summed E-state index contributed by atoms with van der Waals surface area (Å²) in [6.45, 7) is 1.58. The molecule has 3 nitrogen and oxygen atoms in total. The van der Waals surface area contributed by atoms with Crippen molar-refractivity contribution in [1.82, 2.24) is 4.90 Å². The molecule has 68 valence electrons. The molecule has 1 saturated carbocycles. The van der Waals surface area contributed by atoms with Gasteiger partial charge < -0.3 is 10.6 Å². The first-order valence-electron chi connectivity index (χ1n) is 4.83. The van der Waals surface area contributed by atoms with Crippen molar-refractivity contribution < 1.29 is 4.79 Å². The van der Waals surface area contributed by atoms with Crippen molar-refractivity contribution in [2.24, 2.45) is 11.7 Å². The highest BCUT2D eigenvalue weighted by atomic mass is 16.2. The van der Waals surface area contributed by atoms with Crippen molar-refractivity contribution in [2.75, 3.05) is 13.1 Å². The third kappa shape index (κ3) is 1.33. The molecule has 2 aliphatic rings. The highest BCUT2D eigenvalue weighted by molar-refractivity contribution is 5.81. The van der Waals surface area contributed by atoms with Gasteiger partial charge in [-0.2, -0.15) is 0 Å². The van der Waals surface area contributed by atoms with Gasteiger partial charge >= 0.3 is 0 Å². The fourth-order valence-electron chi connectivity index (χ4n) is 1.94. The molecule has 3 heteroatoms. The molecule has 0 aromatic carbocycles. The van der Waals surface area contributed by atoms with Crippen LogP contribution in [0.1, 0.15) is 25.7 Å². The lowest BCUT2D eigenvalue weighted by molar-refractivity contribution is -0.133. The van der Waals surface area contributed by atoms with Crippen LogP contribution >= 0.6 is 0 Å². The van der Waals surface area contributed by atoms with E-state index in [0.717, 1.165) is 32.2 Å². The van der Waals surface area contributed by atoms with Gasteiger partial charge in [0.25, 0.3) is 0 Å². The molecule has 0 aromatic rings. The van der Waals surface area contributed by atoms with Crippen LogP contribution in [0.25, 0.3) is 0 Å². The minimum Gasteiger partial charge on any atom is -0.338 e. The maximum absolute atomic E-state index is 11.6. The molecular weight excluding hydrogens is 152 g/mol. The summed E-state index contributed by atoms with van der Waals surface area (Å²) < 4.78 is 0. The fraction of sp³-hybridized carbons (Fsp3) is 0.889. The average Bonchev–Trinajstić information content (AvgIpc) is 2.82. The summed E-state index contributed by atoms with van der Waals surface area (Å²) in [5.41, 5.74) is 5.59. The maximum Gasteiger partial charge on any atom is 0.225 e. The molecule has 2 fully saturated rings. The van der Waals surface area contributed by atoms with E-state index in [1.165, 1.54) is 0 Å². The van der Waals surface area contributed by atoms with Gasteiger partial charge in [-0.05, 0) is 25.7 Å². The molecular formula is C9H16N2O. The van der Waals surface area contributed by atoms with Gasteiger partial charge in [0, 0.05) is 25.0 Å². The van der Waals surface area contributed by atoms with Crippen molar-refractivity contribution >= 4 is 5.91 Å². The molecule has 0 spiro atoms. The first-order valence-corrected chi connectivity index (χ1v) is 4.83. The van der Waals surface area contributed by atoms with Crippen LogP contribution in [0.5, 0.6) is 0 Å². The van der Waals surface area contributed by atoms with E-state index in [1.54, 1.807) is 0 Å². The van der Waals surface area contributed by atoms with Gasteiger partial charge in [-0.25, -0.2) is 0 Å². The van der Waals surface area contributed by atoms with E-state index < -0.39 is 0 Å². The molecule has 0 aromatic heterocycles. The molecule has 0 unspecified atom stereocenters. The van der Waals surface area contributed by atoms with Crippen molar-refractivity contribution in [3.63, 3.8) is 0 Å². The average molecular weight is 168 g/mol. The Labute approximate surface area is 72.9 Å². The van der Waals surface area contributed by atoms with Crippen LogP contribution in [0, 0.1) is 5.92 Å². The normalized spacial score (nSPS) is 29.4. The van der Waals surface area contributed by atoms with Gasteiger partial charge in [0.1, 0.15) is 0 Å². The number of nitrogens with zero attached hydrogens (tertiary/aromatic N) is 1. The first kappa shape index (κ1) is 8.05. The maximum atomic E-state index is 11.6. The van der Waals surface area contributed by atoms with Crippen molar-refractivity contribution in [1.29, 1.82) is 0 Å². The van der Waals surface area contributed by atoms with Crippen molar-refractivity contribution in [3.8, 4) is 0 Å². The van der Waals surface area contributed by atoms with E-state index in [1.807, 2.05) is 4.90 Å². The number of carbonyl (C=O) groups is 1. The number of nitrogens with two attached hydrogens (primary N) is 1. The Hall–Kier alpha value is -0.570. The number of likely N-dealkylation sites (tertiary alicyclic amines) is 1. The summed E-state index contributed by atoms with van der Waals surface area (Å²) in [5, 5.41) is 0. The summed E-state index contributed by atoms with van der Waals surface area (Å²) in [7, 11) is 0. The fourth-order valence-corrected chi connectivity index (χ4v) is 1.94. The van der Waals surface area contributed by atoms with Gasteiger partial charge in [0.05, 0.1) is 0 Å². The number of hydrogen-bond donors (Lipinski definition) is 1. The van der Waals surface area contributed by atoms with Crippen LogP contribution in [0.2, 0.25) is 0 Å². The number of rotatable bonds is 2. The molecule has 12 heavy (non-hydrogen) atoms. The largest absolute Gasteiger partial charge is 0.338 e. The predicted molar refractivity (Wildman–Crippen MR) is 46.5 cm³/mol. The zero-order valence-corrected chi connectivity index (χ0v) is 7.33. The first-order chi connectivity index (χ1) is 5.83. The molecule has 1 atom stereocenters. The zero-order chi connectivity index (χ0) is 8.55. The van der Waals surface area contributed by atoms with Crippen molar-refractivity contribution in [2.45, 2.75) is 31.7 Å². The van der Waals surface area contributed by atoms with Gasteiger partial charge in [0.15, 0.2) is 0 Å². The summed E-state index contributed by atoms with van der Waals surface area (Å²) in [5.74, 6) is 0.722. The second-order valence-electron chi connectivity index (χ2n) is 3.84. The summed E-state index contributed by atoms with van der Waals surface area (Å²) in [6, 6.07) is 0.345. The molecule has 1 saturated heterocycles. The van der Waals surface area contributed by atoms with Crippen molar-refractivity contribution in [3.05, 3.63) is 0 Å². The SMILES string of the molecule is NC[C@@H]1CCCN1C(=O)C1CC1. The Balaban J connectivity index is 1.96. The molecule has 0 bridgehead atoms. The smallest absolute Gasteiger partial charge is 0.225 e. The van der Waals surface area contributed by atoms with E-state index >= 15 is 0 Å². The molecule has 1 heterocycles. The van der Waals surface area contributed by atoms with Crippen LogP contribution in [0.4, 0.5) is 0 Å². The van der Waals surface area contributed by atoms with Crippen LogP contribution in [0.3, 0.4) is 0 Å². The second-order valence-corrected chi connectivity index (χ2v) is 3.84. The third-order valence-corrected chi connectivity index (χ3v) is 2.86. The summed E-state index contributed by atoms with van der Waals surface area (Å²) >= 11 is 0. The van der Waals surface area contributed by atoms with Crippen LogP contribution in [-0.2, 0) is 4.79 Å². The molecule has 2 N–H and O–H groups in total. The quantitative estimate of drug-likeness (QED) is 0.646. The minimum atomic E-state index is 0.345. The lowest BCUT2D eigenvalue weighted by atomic mass is 10.2. The molecule has 1 amide bonds. The third-order valence-electron chi connectivity index (χ3n) is 2.86. The Morgan fingerprint density at radius 3 is 2.75 bits per heavy atom. The molecule has 1 aliphatic carbocycles. The van der Waals surface area contributed by atoms with E-state index in [0.29, 0.717) is 24.4 Å². The summed E-state index contributed by atoms with van der Waals surface area (Å²) in [6.07, 6.45) is 4.45. The van der Waals surface area contributed by atoms with Gasteiger partial charge in [-0.1, -0.05) is 0 Å². The van der Waals surface area contributed by atoms with Crippen LogP contribution < -0.4 is 5.73 Å². The van der Waals surface area contributed by atoms with E-state index in [-0.39, 0.29) is 0 Å². The lowest BCUT2D eigenvalue weighted by Gasteiger charge is -2.23. The highest BCUT2D eigenvalue weighted by Gasteiger charge is 2.37. The van der Waals surface area contributed by atoms with Gasteiger partial charge in [-0.15, -0.1) is 0 Å². The monoisotopic (exact) mass is 168 g/mol. The molecule has 1 aliphatic heterocycles. The predicted octanol–water partition coefficient (Wildman–Crippen LogP) is 0.346. The number of hydrogen-bond acceptors (Lipinski definition) is 2. The Morgan fingerprint density at radius 2 is 2.17 bits per heavy atom. The number of amides is 1. The number of carbonyl (C=O) groups excluding carboxylic acids is 1. The zero-order valence-electron chi connectivity index (χ0n) is 7.33. The van der Waals surface area contributed by atoms with Gasteiger partial charge in [0.2, 0.25) is 5.91 Å². The lowest BCUT2D eigenvalue weighted by Crippen LogP contribution is -2.40. The Kier molecular flexibility index (Phi) is 2.05. The molecule has 2 rings (SSSR count). The van der Waals surface area contributed by atoms with Crippen LogP contribution in [0.15, 0.2) is 0 Å². The Morgan fingerprint density at radius 1 is 1.42 bits per heavy atom. The summed E-state index contributed by atoms with van der Waals surface area (Å²) in [4.78, 5) is 13.6. The van der Waals surface area contributed by atoms with E-state index in [4.69, 9.17) is 5.73 Å². The van der Waals surface area contributed by atoms with Gasteiger partial charge in [-0.3, -0.25) is 4.79 Å². The van der Waals surface area contributed by atoms with E-state index in [9.17, 15) is 4.79 Å². The topological polar surface area (TPSA) is 46.3 Å². The molecule has 0 radical (unpaired) electrons. The van der Waals surface area contributed by atoms with Crippen LogP contribution in [-0.4, -0.2) is 29.9 Å².